The second-order valence-corrected chi connectivity index (χ2v) is 2.95. The third-order valence-corrected chi connectivity index (χ3v) is 1.72. The Morgan fingerprint density at radius 3 is 2.69 bits per heavy atom. The number of hydrogen-bond donors (Lipinski definition) is 1. The van der Waals surface area contributed by atoms with Crippen LogP contribution >= 0.6 is 0 Å². The SMILES string of the molecule is COCCN(C)C/C=C(\C)C(=O)O. The topological polar surface area (TPSA) is 49.8 Å². The standard InChI is InChI=1S/C9H17NO3/c1-8(9(11)12)4-5-10(2)6-7-13-3/h4H,5-7H2,1-3H3,(H,11,12)/b8-4+. The van der Waals surface area contributed by atoms with Gasteiger partial charge in [0.15, 0.2) is 0 Å². The number of hydrogen-bond acceptors (Lipinski definition) is 3. The molecular formula is C9H17NO3. The highest BCUT2D eigenvalue weighted by Crippen LogP contribution is 1.93. The van der Waals surface area contributed by atoms with E-state index >= 15 is 0 Å². The van der Waals surface area contributed by atoms with Crippen LogP contribution in [-0.4, -0.2) is 49.8 Å². The van der Waals surface area contributed by atoms with Crippen molar-refractivity contribution in [2.75, 3.05) is 33.9 Å². The molecule has 0 unspecified atom stereocenters. The molecule has 0 amide bonds. The second-order valence-electron chi connectivity index (χ2n) is 2.95. The normalized spacial score (nSPS) is 12.2. The summed E-state index contributed by atoms with van der Waals surface area (Å²) < 4.78 is 4.89. The number of carboxylic acids is 1. The Bertz CT molecular complexity index is 189. The van der Waals surface area contributed by atoms with Crippen LogP contribution in [0.1, 0.15) is 6.92 Å². The van der Waals surface area contributed by atoms with Crippen molar-refractivity contribution in [3.8, 4) is 0 Å². The summed E-state index contributed by atoms with van der Waals surface area (Å²) in [5.74, 6) is -0.861. The Morgan fingerprint density at radius 2 is 2.23 bits per heavy atom. The number of ether oxygens (including phenoxy) is 1. The van der Waals surface area contributed by atoms with Gasteiger partial charge >= 0.3 is 5.97 Å². The van der Waals surface area contributed by atoms with Crippen LogP contribution in [0.3, 0.4) is 0 Å². The van der Waals surface area contributed by atoms with Crippen LogP contribution in [0.2, 0.25) is 0 Å². The van der Waals surface area contributed by atoms with Gasteiger partial charge in [-0.25, -0.2) is 4.79 Å². The molecule has 4 heteroatoms. The molecule has 0 aromatic heterocycles. The lowest BCUT2D eigenvalue weighted by Crippen LogP contribution is -2.23. The fourth-order valence-electron chi connectivity index (χ4n) is 0.718. The summed E-state index contributed by atoms with van der Waals surface area (Å²) in [6, 6.07) is 0. The van der Waals surface area contributed by atoms with Crippen molar-refractivity contribution in [2.45, 2.75) is 6.92 Å². The lowest BCUT2D eigenvalue weighted by Gasteiger charge is -2.13. The van der Waals surface area contributed by atoms with Crippen molar-refractivity contribution >= 4 is 5.97 Å². The van der Waals surface area contributed by atoms with Gasteiger partial charge in [-0.2, -0.15) is 0 Å². The Hall–Kier alpha value is -0.870. The number of carboxylic acid groups (broad SMARTS) is 1. The van der Waals surface area contributed by atoms with E-state index in [1.165, 1.54) is 0 Å². The van der Waals surface area contributed by atoms with Gasteiger partial charge in [0.2, 0.25) is 0 Å². The molecule has 0 fully saturated rings. The van der Waals surface area contributed by atoms with Crippen LogP contribution < -0.4 is 0 Å². The fraction of sp³-hybridized carbons (Fsp3) is 0.667. The lowest BCUT2D eigenvalue weighted by molar-refractivity contribution is -0.132. The van der Waals surface area contributed by atoms with Crippen molar-refractivity contribution in [1.82, 2.24) is 4.90 Å². The summed E-state index contributed by atoms with van der Waals surface area (Å²) in [7, 11) is 3.57. The minimum absolute atomic E-state index is 0.379. The number of rotatable bonds is 6. The van der Waals surface area contributed by atoms with Crippen LogP contribution in [0.15, 0.2) is 11.6 Å². The highest BCUT2D eigenvalue weighted by atomic mass is 16.5. The zero-order valence-electron chi connectivity index (χ0n) is 8.41. The van der Waals surface area contributed by atoms with Gasteiger partial charge in [-0.15, -0.1) is 0 Å². The third kappa shape index (κ3) is 6.31. The predicted octanol–water partition coefficient (Wildman–Crippen LogP) is 0.596. The maximum atomic E-state index is 10.4. The van der Waals surface area contributed by atoms with Gasteiger partial charge < -0.3 is 14.7 Å². The molecule has 1 N–H and O–H groups in total. The van der Waals surface area contributed by atoms with Gasteiger partial charge in [-0.1, -0.05) is 6.08 Å². The average molecular weight is 187 g/mol. The van der Waals surface area contributed by atoms with Crippen LogP contribution in [0.4, 0.5) is 0 Å². The minimum atomic E-state index is -0.861. The number of nitrogens with zero attached hydrogens (tertiary/aromatic N) is 1. The van der Waals surface area contributed by atoms with Gasteiger partial charge in [-0.3, -0.25) is 0 Å². The van der Waals surface area contributed by atoms with E-state index in [0.717, 1.165) is 6.54 Å². The number of methoxy groups -OCH3 is 1. The first kappa shape index (κ1) is 12.1. The fourth-order valence-corrected chi connectivity index (χ4v) is 0.718. The molecule has 13 heavy (non-hydrogen) atoms. The van der Waals surface area contributed by atoms with E-state index in [0.29, 0.717) is 18.7 Å². The Morgan fingerprint density at radius 1 is 1.62 bits per heavy atom. The first-order valence-electron chi connectivity index (χ1n) is 4.15. The average Bonchev–Trinajstić information content (AvgIpc) is 2.10. The van der Waals surface area contributed by atoms with Crippen molar-refractivity contribution in [3.05, 3.63) is 11.6 Å². The Labute approximate surface area is 78.8 Å². The molecule has 0 aromatic carbocycles. The van der Waals surface area contributed by atoms with E-state index in [4.69, 9.17) is 9.84 Å². The van der Waals surface area contributed by atoms with Gasteiger partial charge in [0, 0.05) is 25.8 Å². The Kier molecular flexibility index (Phi) is 6.18. The van der Waals surface area contributed by atoms with Crippen molar-refractivity contribution in [3.63, 3.8) is 0 Å². The van der Waals surface area contributed by atoms with E-state index in [-0.39, 0.29) is 0 Å². The molecule has 4 nitrogen and oxygen atoms in total. The van der Waals surface area contributed by atoms with Gasteiger partial charge in [0.1, 0.15) is 0 Å². The van der Waals surface area contributed by atoms with Crippen molar-refractivity contribution in [1.29, 1.82) is 0 Å². The van der Waals surface area contributed by atoms with Gasteiger partial charge in [-0.05, 0) is 14.0 Å². The molecule has 0 atom stereocenters. The van der Waals surface area contributed by atoms with E-state index in [1.807, 2.05) is 11.9 Å². The number of aliphatic carboxylic acids is 1. The highest BCUT2D eigenvalue weighted by molar-refractivity contribution is 5.85. The molecule has 0 spiro atoms. The molecule has 0 aliphatic carbocycles. The van der Waals surface area contributed by atoms with E-state index < -0.39 is 5.97 Å². The van der Waals surface area contributed by atoms with Crippen LogP contribution in [0, 0.1) is 0 Å². The summed E-state index contributed by atoms with van der Waals surface area (Å²) in [4.78, 5) is 12.4. The largest absolute Gasteiger partial charge is 0.478 e. The zero-order chi connectivity index (χ0) is 10.3. The summed E-state index contributed by atoms with van der Waals surface area (Å²) in [5, 5.41) is 8.56. The van der Waals surface area contributed by atoms with Gasteiger partial charge in [0.25, 0.3) is 0 Å². The molecule has 0 saturated heterocycles. The molecule has 76 valence electrons. The molecule has 0 aliphatic rings. The maximum absolute atomic E-state index is 10.4. The van der Waals surface area contributed by atoms with Gasteiger partial charge in [0.05, 0.1) is 6.61 Å². The number of carbonyl (C=O) groups is 1. The van der Waals surface area contributed by atoms with E-state index in [2.05, 4.69) is 0 Å². The third-order valence-electron chi connectivity index (χ3n) is 1.72. The monoisotopic (exact) mass is 187 g/mol. The van der Waals surface area contributed by atoms with Crippen LogP contribution in [0.25, 0.3) is 0 Å². The molecule has 0 radical (unpaired) electrons. The maximum Gasteiger partial charge on any atom is 0.330 e. The zero-order valence-corrected chi connectivity index (χ0v) is 8.41. The summed E-state index contributed by atoms with van der Waals surface area (Å²) >= 11 is 0. The predicted molar refractivity (Wildman–Crippen MR) is 50.8 cm³/mol. The minimum Gasteiger partial charge on any atom is -0.478 e. The molecule has 0 aliphatic heterocycles. The highest BCUT2D eigenvalue weighted by Gasteiger charge is 2.00. The van der Waals surface area contributed by atoms with E-state index in [9.17, 15) is 4.79 Å². The molecule has 0 rings (SSSR count). The quantitative estimate of drug-likeness (QED) is 0.618. The Balaban J connectivity index is 3.73. The molecule has 0 bridgehead atoms. The first-order valence-corrected chi connectivity index (χ1v) is 4.15. The summed E-state index contributed by atoms with van der Waals surface area (Å²) in [6.45, 7) is 3.70. The second kappa shape index (κ2) is 6.62. The van der Waals surface area contributed by atoms with E-state index in [1.54, 1.807) is 20.1 Å². The summed E-state index contributed by atoms with van der Waals surface area (Å²) in [5.41, 5.74) is 0.379. The van der Waals surface area contributed by atoms with Crippen molar-refractivity contribution in [2.24, 2.45) is 0 Å². The lowest BCUT2D eigenvalue weighted by atomic mass is 10.3. The molecule has 0 aromatic rings. The van der Waals surface area contributed by atoms with Crippen LogP contribution in [-0.2, 0) is 9.53 Å². The first-order chi connectivity index (χ1) is 6.07. The molecule has 0 saturated carbocycles. The smallest absolute Gasteiger partial charge is 0.330 e. The summed E-state index contributed by atoms with van der Waals surface area (Å²) in [6.07, 6.45) is 1.69. The van der Waals surface area contributed by atoms with Crippen molar-refractivity contribution < 1.29 is 14.6 Å². The molecule has 0 heterocycles. The van der Waals surface area contributed by atoms with Crippen LogP contribution in [0.5, 0.6) is 0 Å². The number of likely N-dealkylation sites (N-methyl/N-ethyl adjacent to an activating group) is 1. The molecular weight excluding hydrogens is 170 g/mol.